The second-order valence-corrected chi connectivity index (χ2v) is 5.62. The Labute approximate surface area is 130 Å². The Hall–Kier alpha value is -2.04. The third-order valence-corrected chi connectivity index (χ3v) is 3.92. The van der Waals surface area contributed by atoms with E-state index >= 15 is 0 Å². The number of carbonyl (C=O) groups excluding carboxylic acids is 1. The Morgan fingerprint density at radius 1 is 1.32 bits per heavy atom. The summed E-state index contributed by atoms with van der Waals surface area (Å²) in [7, 11) is 0. The number of hydrogen-bond donors (Lipinski definition) is 1. The molecule has 0 aliphatic carbocycles. The van der Waals surface area contributed by atoms with E-state index in [-0.39, 0.29) is 18.4 Å². The van der Waals surface area contributed by atoms with Gasteiger partial charge in [-0.15, -0.1) is 0 Å². The van der Waals surface area contributed by atoms with E-state index in [1.54, 1.807) is 29.2 Å². The largest absolute Gasteiger partial charge is 0.494 e. The fourth-order valence-corrected chi connectivity index (χ4v) is 2.71. The van der Waals surface area contributed by atoms with Crippen molar-refractivity contribution < 1.29 is 19.4 Å². The maximum atomic E-state index is 12.5. The van der Waals surface area contributed by atoms with Crippen LogP contribution in [0.3, 0.4) is 0 Å². The zero-order chi connectivity index (χ0) is 15.9. The molecule has 1 amide bonds. The minimum Gasteiger partial charge on any atom is -0.494 e. The van der Waals surface area contributed by atoms with Crippen molar-refractivity contribution in [2.45, 2.75) is 45.1 Å². The molecule has 120 valence electrons. The molecular formula is C17H23NO4. The predicted molar refractivity (Wildman–Crippen MR) is 83.2 cm³/mol. The van der Waals surface area contributed by atoms with Crippen LogP contribution in [-0.2, 0) is 4.79 Å². The van der Waals surface area contributed by atoms with Crippen molar-refractivity contribution in [3.8, 4) is 5.75 Å². The molecule has 0 saturated carbocycles. The summed E-state index contributed by atoms with van der Waals surface area (Å²) in [5.74, 6) is -0.193. The second kappa shape index (κ2) is 7.82. The predicted octanol–water partition coefficient (Wildman–Crippen LogP) is 2.94. The normalized spacial score (nSPS) is 17.5. The molecule has 1 heterocycles. The molecule has 1 N–H and O–H groups in total. The van der Waals surface area contributed by atoms with E-state index in [0.29, 0.717) is 18.7 Å². The summed E-state index contributed by atoms with van der Waals surface area (Å²) in [6.07, 6.45) is 3.73. The third kappa shape index (κ3) is 4.23. The van der Waals surface area contributed by atoms with E-state index in [0.717, 1.165) is 31.4 Å². The number of carboxylic acid groups (broad SMARTS) is 1. The van der Waals surface area contributed by atoms with Crippen molar-refractivity contribution in [2.24, 2.45) is 0 Å². The van der Waals surface area contributed by atoms with Gasteiger partial charge in [0.15, 0.2) is 0 Å². The summed E-state index contributed by atoms with van der Waals surface area (Å²) in [5.41, 5.74) is 0.583. The van der Waals surface area contributed by atoms with Gasteiger partial charge in [0.05, 0.1) is 13.0 Å². The molecule has 1 unspecified atom stereocenters. The van der Waals surface area contributed by atoms with E-state index in [1.807, 2.05) is 0 Å². The Kier molecular flexibility index (Phi) is 5.81. The van der Waals surface area contributed by atoms with Crippen LogP contribution >= 0.6 is 0 Å². The summed E-state index contributed by atoms with van der Waals surface area (Å²) in [6, 6.07) is 6.90. The van der Waals surface area contributed by atoms with Gasteiger partial charge in [0.25, 0.3) is 5.91 Å². The molecule has 1 atom stereocenters. The van der Waals surface area contributed by atoms with Crippen molar-refractivity contribution in [1.29, 1.82) is 0 Å². The van der Waals surface area contributed by atoms with Crippen molar-refractivity contribution in [2.75, 3.05) is 13.2 Å². The van der Waals surface area contributed by atoms with Gasteiger partial charge < -0.3 is 14.7 Å². The van der Waals surface area contributed by atoms with E-state index in [9.17, 15) is 9.59 Å². The molecule has 0 aromatic heterocycles. The van der Waals surface area contributed by atoms with Gasteiger partial charge in [-0.05, 0) is 43.5 Å². The number of aliphatic carboxylic acids is 1. The first-order chi connectivity index (χ1) is 10.6. The number of nitrogens with zero attached hydrogens (tertiary/aromatic N) is 1. The number of hydrogen-bond acceptors (Lipinski definition) is 3. The van der Waals surface area contributed by atoms with Crippen LogP contribution in [0, 0.1) is 0 Å². The lowest BCUT2D eigenvalue weighted by molar-refractivity contribution is -0.137. The Bertz CT molecular complexity index is 512. The van der Waals surface area contributed by atoms with Gasteiger partial charge in [0.2, 0.25) is 0 Å². The molecular weight excluding hydrogens is 282 g/mol. The highest BCUT2D eigenvalue weighted by Crippen LogP contribution is 2.23. The molecule has 1 aromatic rings. The van der Waals surface area contributed by atoms with Gasteiger partial charge >= 0.3 is 5.97 Å². The number of likely N-dealkylation sites (tertiary alicyclic amines) is 1. The van der Waals surface area contributed by atoms with Crippen LogP contribution in [0.5, 0.6) is 5.75 Å². The van der Waals surface area contributed by atoms with Crippen molar-refractivity contribution in [3.63, 3.8) is 0 Å². The highest BCUT2D eigenvalue weighted by molar-refractivity contribution is 5.95. The number of carboxylic acids is 1. The average Bonchev–Trinajstić information content (AvgIpc) is 2.95. The van der Waals surface area contributed by atoms with Gasteiger partial charge in [-0.3, -0.25) is 9.59 Å². The number of amides is 1. The first-order valence-electron chi connectivity index (χ1n) is 7.87. The number of benzene rings is 1. The first-order valence-corrected chi connectivity index (χ1v) is 7.87. The second-order valence-electron chi connectivity index (χ2n) is 5.62. The molecule has 22 heavy (non-hydrogen) atoms. The maximum Gasteiger partial charge on any atom is 0.305 e. The Morgan fingerprint density at radius 2 is 2.05 bits per heavy atom. The zero-order valence-electron chi connectivity index (χ0n) is 13.0. The molecule has 2 rings (SSSR count). The molecule has 5 nitrogen and oxygen atoms in total. The summed E-state index contributed by atoms with van der Waals surface area (Å²) in [5, 5.41) is 8.93. The van der Waals surface area contributed by atoms with Crippen LogP contribution < -0.4 is 4.74 Å². The molecule has 1 aromatic carbocycles. The van der Waals surface area contributed by atoms with Gasteiger partial charge in [-0.25, -0.2) is 0 Å². The summed E-state index contributed by atoms with van der Waals surface area (Å²) < 4.78 is 5.58. The minimum atomic E-state index is -0.857. The number of unbranched alkanes of at least 4 members (excludes halogenated alkanes) is 1. The van der Waals surface area contributed by atoms with Gasteiger partial charge in [0.1, 0.15) is 5.75 Å². The lowest BCUT2D eigenvalue weighted by Gasteiger charge is -2.23. The topological polar surface area (TPSA) is 66.8 Å². The van der Waals surface area contributed by atoms with E-state index in [4.69, 9.17) is 9.84 Å². The average molecular weight is 305 g/mol. The Balaban J connectivity index is 1.98. The molecule has 0 spiro atoms. The Morgan fingerprint density at radius 3 is 2.68 bits per heavy atom. The van der Waals surface area contributed by atoms with Gasteiger partial charge in [-0.1, -0.05) is 13.3 Å². The fraction of sp³-hybridized carbons (Fsp3) is 0.529. The number of rotatable bonds is 7. The van der Waals surface area contributed by atoms with Crippen molar-refractivity contribution >= 4 is 11.9 Å². The van der Waals surface area contributed by atoms with E-state index < -0.39 is 5.97 Å². The van der Waals surface area contributed by atoms with Crippen LogP contribution in [0.1, 0.15) is 49.4 Å². The van der Waals surface area contributed by atoms with Gasteiger partial charge in [-0.2, -0.15) is 0 Å². The summed E-state index contributed by atoms with van der Waals surface area (Å²) in [4.78, 5) is 25.1. The molecule has 1 aliphatic heterocycles. The molecule has 1 aliphatic rings. The number of carbonyl (C=O) groups is 2. The third-order valence-electron chi connectivity index (χ3n) is 3.92. The quantitative estimate of drug-likeness (QED) is 0.787. The van der Waals surface area contributed by atoms with Crippen LogP contribution in [0.15, 0.2) is 24.3 Å². The fourth-order valence-electron chi connectivity index (χ4n) is 2.71. The monoisotopic (exact) mass is 305 g/mol. The SMILES string of the molecule is CCCCOc1ccc(C(=O)N2CCCC2CC(=O)O)cc1. The van der Waals surface area contributed by atoms with Crippen LogP contribution in [0.4, 0.5) is 0 Å². The number of ether oxygens (including phenoxy) is 1. The van der Waals surface area contributed by atoms with Gasteiger partial charge in [0, 0.05) is 18.2 Å². The molecule has 0 radical (unpaired) electrons. The van der Waals surface area contributed by atoms with Crippen molar-refractivity contribution in [3.05, 3.63) is 29.8 Å². The van der Waals surface area contributed by atoms with Crippen LogP contribution in [0.2, 0.25) is 0 Å². The van der Waals surface area contributed by atoms with E-state index in [1.165, 1.54) is 0 Å². The van der Waals surface area contributed by atoms with Crippen LogP contribution in [0.25, 0.3) is 0 Å². The maximum absolute atomic E-state index is 12.5. The molecule has 5 heteroatoms. The van der Waals surface area contributed by atoms with Crippen LogP contribution in [-0.4, -0.2) is 41.1 Å². The molecule has 1 saturated heterocycles. The molecule has 1 fully saturated rings. The smallest absolute Gasteiger partial charge is 0.305 e. The zero-order valence-corrected chi connectivity index (χ0v) is 13.0. The lowest BCUT2D eigenvalue weighted by atomic mass is 10.1. The molecule has 0 bridgehead atoms. The highest BCUT2D eigenvalue weighted by Gasteiger charge is 2.30. The summed E-state index contributed by atoms with van der Waals surface area (Å²) in [6.45, 7) is 3.41. The van der Waals surface area contributed by atoms with Crippen molar-refractivity contribution in [1.82, 2.24) is 4.90 Å². The first kappa shape index (κ1) is 16.3. The highest BCUT2D eigenvalue weighted by atomic mass is 16.5. The summed E-state index contributed by atoms with van der Waals surface area (Å²) >= 11 is 0. The lowest BCUT2D eigenvalue weighted by Crippen LogP contribution is -2.36. The van der Waals surface area contributed by atoms with E-state index in [2.05, 4.69) is 6.92 Å². The minimum absolute atomic E-state index is 0.0178. The standard InChI is InChI=1S/C17H23NO4/c1-2-3-11-22-15-8-6-13(7-9-15)17(21)18-10-4-5-14(18)12-16(19)20/h6-9,14H,2-5,10-12H2,1H3,(H,19,20).